The van der Waals surface area contributed by atoms with Gasteiger partial charge < -0.3 is 9.47 Å². The van der Waals surface area contributed by atoms with Crippen molar-refractivity contribution in [2.75, 3.05) is 14.2 Å². The Hall–Kier alpha value is -1.06. The summed E-state index contributed by atoms with van der Waals surface area (Å²) < 4.78 is 10.0. The lowest BCUT2D eigenvalue weighted by Gasteiger charge is -2.19. The number of rotatable bonds is 19. The fourth-order valence-corrected chi connectivity index (χ4v) is 3.84. The Balaban J connectivity index is 4.34. The standard InChI is InChI=1S/C24H46O4/c1-5-7-9-11-13-15-17-21(23(25)27-3)19-20-22(24(26)28-4)18-16-14-12-10-8-6-2/h21-22H,5-20H2,1-4H3. The molecule has 4 nitrogen and oxygen atoms in total. The first-order chi connectivity index (χ1) is 13.6. The Morgan fingerprint density at radius 3 is 1.18 bits per heavy atom. The molecule has 0 aliphatic rings. The van der Waals surface area contributed by atoms with E-state index in [9.17, 15) is 9.59 Å². The van der Waals surface area contributed by atoms with Gasteiger partial charge in [-0.2, -0.15) is 0 Å². The third-order valence-corrected chi connectivity index (χ3v) is 5.74. The van der Waals surface area contributed by atoms with Crippen LogP contribution in [-0.2, 0) is 19.1 Å². The van der Waals surface area contributed by atoms with Crippen LogP contribution in [0.3, 0.4) is 0 Å². The summed E-state index contributed by atoms with van der Waals surface area (Å²) in [6.45, 7) is 4.44. The highest BCUT2D eigenvalue weighted by Crippen LogP contribution is 2.24. The maximum absolute atomic E-state index is 12.2. The quantitative estimate of drug-likeness (QED) is 0.176. The van der Waals surface area contributed by atoms with Crippen molar-refractivity contribution in [1.82, 2.24) is 0 Å². The summed E-state index contributed by atoms with van der Waals surface area (Å²) >= 11 is 0. The molecule has 4 heteroatoms. The number of hydrogen-bond acceptors (Lipinski definition) is 4. The number of unbranched alkanes of at least 4 members (excludes halogenated alkanes) is 10. The predicted molar refractivity (Wildman–Crippen MR) is 116 cm³/mol. The molecule has 0 heterocycles. The highest BCUT2D eigenvalue weighted by molar-refractivity contribution is 5.73. The highest BCUT2D eigenvalue weighted by Gasteiger charge is 2.24. The van der Waals surface area contributed by atoms with Crippen LogP contribution in [0.25, 0.3) is 0 Å². The zero-order chi connectivity index (χ0) is 21.0. The first kappa shape index (κ1) is 26.9. The van der Waals surface area contributed by atoms with Crippen molar-refractivity contribution in [3.8, 4) is 0 Å². The minimum atomic E-state index is -0.128. The highest BCUT2D eigenvalue weighted by atomic mass is 16.5. The molecule has 0 aliphatic heterocycles. The van der Waals surface area contributed by atoms with Gasteiger partial charge in [0.15, 0.2) is 0 Å². The Morgan fingerprint density at radius 2 is 0.857 bits per heavy atom. The monoisotopic (exact) mass is 398 g/mol. The number of carbonyl (C=O) groups excluding carboxylic acids is 2. The molecule has 0 spiro atoms. The zero-order valence-electron chi connectivity index (χ0n) is 19.1. The van der Waals surface area contributed by atoms with Crippen molar-refractivity contribution in [2.45, 2.75) is 117 Å². The summed E-state index contributed by atoms with van der Waals surface area (Å²) in [7, 11) is 2.93. The van der Waals surface area contributed by atoms with Crippen molar-refractivity contribution >= 4 is 11.9 Å². The molecule has 166 valence electrons. The lowest BCUT2D eigenvalue weighted by molar-refractivity contribution is -0.149. The van der Waals surface area contributed by atoms with Gasteiger partial charge in [-0.05, 0) is 25.7 Å². The van der Waals surface area contributed by atoms with E-state index < -0.39 is 0 Å². The van der Waals surface area contributed by atoms with E-state index in [1.807, 2.05) is 0 Å². The summed E-state index contributed by atoms with van der Waals surface area (Å²) in [5.41, 5.74) is 0. The van der Waals surface area contributed by atoms with Gasteiger partial charge >= 0.3 is 11.9 Å². The van der Waals surface area contributed by atoms with Gasteiger partial charge in [0.05, 0.1) is 26.1 Å². The SMILES string of the molecule is CCCCCCCCC(CCC(CCCCCCCC)C(=O)OC)C(=O)OC. The van der Waals surface area contributed by atoms with Crippen LogP contribution in [0.5, 0.6) is 0 Å². The van der Waals surface area contributed by atoms with Gasteiger partial charge in [0.25, 0.3) is 0 Å². The van der Waals surface area contributed by atoms with E-state index in [1.165, 1.54) is 78.4 Å². The minimum Gasteiger partial charge on any atom is -0.469 e. The average molecular weight is 399 g/mol. The zero-order valence-corrected chi connectivity index (χ0v) is 19.1. The summed E-state index contributed by atoms with van der Waals surface area (Å²) in [5, 5.41) is 0. The van der Waals surface area contributed by atoms with Crippen molar-refractivity contribution in [3.63, 3.8) is 0 Å². The van der Waals surface area contributed by atoms with Gasteiger partial charge in [0.2, 0.25) is 0 Å². The van der Waals surface area contributed by atoms with Crippen LogP contribution in [-0.4, -0.2) is 26.2 Å². The molecule has 0 aromatic rings. The first-order valence-electron chi connectivity index (χ1n) is 11.8. The first-order valence-corrected chi connectivity index (χ1v) is 11.8. The summed E-state index contributed by atoms with van der Waals surface area (Å²) in [6.07, 6.45) is 17.8. The van der Waals surface area contributed by atoms with E-state index in [0.29, 0.717) is 0 Å². The molecule has 0 aromatic carbocycles. The van der Waals surface area contributed by atoms with E-state index >= 15 is 0 Å². The molecule has 0 amide bonds. The Labute approximate surface area is 174 Å². The summed E-state index contributed by atoms with van der Waals surface area (Å²) in [5.74, 6) is -0.436. The molecule has 0 N–H and O–H groups in total. The fourth-order valence-electron chi connectivity index (χ4n) is 3.84. The van der Waals surface area contributed by atoms with Crippen LogP contribution in [0.1, 0.15) is 117 Å². The number of esters is 2. The molecule has 0 rings (SSSR count). The normalized spacial score (nSPS) is 13.1. The third kappa shape index (κ3) is 14.0. The fraction of sp³-hybridized carbons (Fsp3) is 0.917. The molecule has 0 saturated heterocycles. The molecule has 0 bridgehead atoms. The number of ether oxygens (including phenoxy) is 2. The van der Waals surface area contributed by atoms with Crippen LogP contribution in [0.2, 0.25) is 0 Å². The minimum absolute atomic E-state index is 0.0899. The molecular weight excluding hydrogens is 352 g/mol. The topological polar surface area (TPSA) is 52.6 Å². The number of methoxy groups -OCH3 is 2. The van der Waals surface area contributed by atoms with Gasteiger partial charge in [0.1, 0.15) is 0 Å². The van der Waals surface area contributed by atoms with E-state index in [-0.39, 0.29) is 23.8 Å². The second-order valence-electron chi connectivity index (χ2n) is 8.13. The second kappa shape index (κ2) is 19.3. The Kier molecular flexibility index (Phi) is 18.5. The van der Waals surface area contributed by atoms with Crippen LogP contribution < -0.4 is 0 Å². The molecule has 0 radical (unpaired) electrons. The van der Waals surface area contributed by atoms with Gasteiger partial charge in [-0.1, -0.05) is 90.9 Å². The van der Waals surface area contributed by atoms with E-state index in [4.69, 9.17) is 9.47 Å². The van der Waals surface area contributed by atoms with E-state index in [2.05, 4.69) is 13.8 Å². The Bertz CT molecular complexity index is 345. The molecule has 28 heavy (non-hydrogen) atoms. The summed E-state index contributed by atoms with van der Waals surface area (Å²) in [4.78, 5) is 24.3. The number of carbonyl (C=O) groups is 2. The lowest BCUT2D eigenvalue weighted by atomic mass is 9.89. The average Bonchev–Trinajstić information content (AvgIpc) is 2.72. The third-order valence-electron chi connectivity index (χ3n) is 5.74. The molecular formula is C24H46O4. The van der Waals surface area contributed by atoms with Crippen molar-refractivity contribution in [3.05, 3.63) is 0 Å². The maximum Gasteiger partial charge on any atom is 0.308 e. The van der Waals surface area contributed by atoms with Crippen LogP contribution in [0.15, 0.2) is 0 Å². The van der Waals surface area contributed by atoms with Gasteiger partial charge in [-0.25, -0.2) is 0 Å². The Morgan fingerprint density at radius 1 is 0.536 bits per heavy atom. The van der Waals surface area contributed by atoms with Gasteiger partial charge in [-0.15, -0.1) is 0 Å². The lowest BCUT2D eigenvalue weighted by Crippen LogP contribution is -2.21. The smallest absolute Gasteiger partial charge is 0.308 e. The molecule has 0 fully saturated rings. The second-order valence-corrected chi connectivity index (χ2v) is 8.13. The van der Waals surface area contributed by atoms with Crippen LogP contribution in [0, 0.1) is 11.8 Å². The predicted octanol–water partition coefficient (Wildman–Crippen LogP) is 6.85. The van der Waals surface area contributed by atoms with Crippen molar-refractivity contribution in [1.29, 1.82) is 0 Å². The van der Waals surface area contributed by atoms with Crippen LogP contribution in [0.4, 0.5) is 0 Å². The largest absolute Gasteiger partial charge is 0.469 e. The summed E-state index contributed by atoms with van der Waals surface area (Å²) in [6, 6.07) is 0. The van der Waals surface area contributed by atoms with E-state index in [1.54, 1.807) is 0 Å². The number of hydrogen-bond donors (Lipinski definition) is 0. The molecule has 0 saturated carbocycles. The van der Waals surface area contributed by atoms with Crippen LogP contribution >= 0.6 is 0 Å². The van der Waals surface area contributed by atoms with E-state index in [0.717, 1.165) is 38.5 Å². The van der Waals surface area contributed by atoms with Gasteiger partial charge in [0, 0.05) is 0 Å². The van der Waals surface area contributed by atoms with Crippen molar-refractivity contribution in [2.24, 2.45) is 11.8 Å². The molecule has 2 unspecified atom stereocenters. The molecule has 0 aromatic heterocycles. The van der Waals surface area contributed by atoms with Crippen molar-refractivity contribution < 1.29 is 19.1 Å². The maximum atomic E-state index is 12.2. The van der Waals surface area contributed by atoms with Gasteiger partial charge in [-0.3, -0.25) is 9.59 Å². The molecule has 0 aliphatic carbocycles. The molecule has 2 atom stereocenters.